The molecule has 1 aromatic heterocycles. The Balaban J connectivity index is 1.51. The van der Waals surface area contributed by atoms with Crippen LogP contribution >= 0.6 is 11.8 Å². The summed E-state index contributed by atoms with van der Waals surface area (Å²) in [6, 6.07) is 7.53. The number of thioether (sulfide) groups is 1. The summed E-state index contributed by atoms with van der Waals surface area (Å²) in [5.41, 5.74) is 0.378. The highest BCUT2D eigenvalue weighted by atomic mass is 32.2. The van der Waals surface area contributed by atoms with Crippen molar-refractivity contribution in [3.63, 3.8) is 0 Å². The topological polar surface area (TPSA) is 48.7 Å². The maximum Gasteiger partial charge on any atom is 0.339 e. The van der Waals surface area contributed by atoms with Crippen molar-refractivity contribution in [1.29, 1.82) is 0 Å². The lowest BCUT2D eigenvalue weighted by molar-refractivity contribution is -0.0662. The molecule has 1 saturated carbocycles. The van der Waals surface area contributed by atoms with Crippen molar-refractivity contribution in [2.75, 3.05) is 13.2 Å². The van der Waals surface area contributed by atoms with Crippen LogP contribution in [0.15, 0.2) is 38.4 Å². The van der Waals surface area contributed by atoms with Gasteiger partial charge in [0, 0.05) is 16.8 Å². The molecule has 0 bridgehead atoms. The molecule has 0 saturated heterocycles. The van der Waals surface area contributed by atoms with Crippen LogP contribution in [-0.2, 0) is 4.74 Å². The summed E-state index contributed by atoms with van der Waals surface area (Å²) >= 11 is 1.93. The Morgan fingerprint density at radius 3 is 2.45 bits per heavy atom. The fourth-order valence-electron chi connectivity index (χ4n) is 4.53. The molecule has 184 valence electrons. The number of fused-ring (bicyclic) bond motifs is 1. The van der Waals surface area contributed by atoms with E-state index in [0.29, 0.717) is 41.1 Å². The predicted molar refractivity (Wildman–Crippen MR) is 139 cm³/mol. The summed E-state index contributed by atoms with van der Waals surface area (Å²) in [4.78, 5) is 13.2. The summed E-state index contributed by atoms with van der Waals surface area (Å²) < 4.78 is 17.7. The second-order valence-corrected chi connectivity index (χ2v) is 12.7. The molecule has 1 aliphatic carbocycles. The molecule has 0 radical (unpaired) electrons. The quantitative estimate of drug-likeness (QED) is 0.245. The van der Waals surface area contributed by atoms with E-state index in [1.807, 2.05) is 17.8 Å². The van der Waals surface area contributed by atoms with E-state index in [9.17, 15) is 4.79 Å². The van der Waals surface area contributed by atoms with Gasteiger partial charge >= 0.3 is 5.63 Å². The number of hydrogen-bond acceptors (Lipinski definition) is 5. The fourth-order valence-corrected chi connectivity index (χ4v) is 5.82. The third-order valence-electron chi connectivity index (χ3n) is 6.66. The second-order valence-electron chi connectivity index (χ2n) is 11.3. The van der Waals surface area contributed by atoms with E-state index in [1.165, 1.54) is 36.6 Å². The zero-order valence-corrected chi connectivity index (χ0v) is 22.2. The first-order valence-electron chi connectivity index (χ1n) is 12.5. The van der Waals surface area contributed by atoms with Gasteiger partial charge in [0.25, 0.3) is 0 Å². The lowest BCUT2D eigenvalue weighted by Gasteiger charge is -2.36. The Bertz CT molecular complexity index is 951. The van der Waals surface area contributed by atoms with Crippen LogP contribution in [0.3, 0.4) is 0 Å². The highest BCUT2D eigenvalue weighted by Gasteiger charge is 2.30. The van der Waals surface area contributed by atoms with E-state index in [-0.39, 0.29) is 11.2 Å². The minimum absolute atomic E-state index is 0.143. The molecule has 33 heavy (non-hydrogen) atoms. The monoisotopic (exact) mass is 474 g/mol. The van der Waals surface area contributed by atoms with Crippen LogP contribution in [0.5, 0.6) is 5.75 Å². The number of unbranched alkanes of at least 4 members (excludes halogenated alkanes) is 1. The zero-order chi connectivity index (χ0) is 24.1. The average molecular weight is 475 g/mol. The molecule has 1 atom stereocenters. The molecule has 0 amide bonds. The Labute approximate surface area is 203 Å². The van der Waals surface area contributed by atoms with Gasteiger partial charge in [0.05, 0.1) is 23.7 Å². The summed E-state index contributed by atoms with van der Waals surface area (Å²) in [6.45, 7) is 14.8. The van der Waals surface area contributed by atoms with Crippen molar-refractivity contribution in [3.8, 4) is 5.75 Å². The molecule has 5 heteroatoms. The Kier molecular flexibility index (Phi) is 8.96. The van der Waals surface area contributed by atoms with Crippen LogP contribution in [0.1, 0.15) is 86.5 Å². The molecule has 4 nitrogen and oxygen atoms in total. The van der Waals surface area contributed by atoms with Crippen LogP contribution in [0, 0.1) is 11.3 Å². The van der Waals surface area contributed by atoms with Gasteiger partial charge in [0.1, 0.15) is 11.3 Å². The van der Waals surface area contributed by atoms with Crippen molar-refractivity contribution in [3.05, 3.63) is 34.7 Å². The van der Waals surface area contributed by atoms with Crippen molar-refractivity contribution in [1.82, 2.24) is 0 Å². The molecule has 2 aromatic rings. The molecule has 3 rings (SSSR count). The maximum atomic E-state index is 12.0. The average Bonchev–Trinajstić information content (AvgIpc) is 3.22. The number of ether oxygens (including phenoxy) is 2. The van der Waals surface area contributed by atoms with Crippen LogP contribution < -0.4 is 10.4 Å². The lowest BCUT2D eigenvalue weighted by Crippen LogP contribution is -2.35. The van der Waals surface area contributed by atoms with E-state index in [2.05, 4.69) is 53.7 Å². The van der Waals surface area contributed by atoms with Gasteiger partial charge in [-0.2, -0.15) is 0 Å². The third kappa shape index (κ3) is 8.06. The molecule has 0 spiro atoms. The van der Waals surface area contributed by atoms with Crippen molar-refractivity contribution in [2.45, 2.75) is 102 Å². The largest absolute Gasteiger partial charge is 0.493 e. The number of hydrogen-bond donors (Lipinski definition) is 0. The van der Waals surface area contributed by atoms with Gasteiger partial charge in [-0.3, -0.25) is 0 Å². The normalized spacial score (nSPS) is 16.4. The minimum atomic E-state index is -0.369. The van der Waals surface area contributed by atoms with Crippen molar-refractivity contribution >= 4 is 22.7 Å². The SMILES string of the molecule is CC(CC(C)(C)C)C(C)(C)OCCCCOc1cc(=O)oc2ccc(SC3CCCC3)cc12. The molecule has 1 heterocycles. The molecule has 0 aliphatic heterocycles. The van der Waals surface area contributed by atoms with E-state index in [0.717, 1.165) is 24.6 Å². The van der Waals surface area contributed by atoms with Gasteiger partial charge in [0.2, 0.25) is 0 Å². The molecule has 1 aromatic carbocycles. The Morgan fingerprint density at radius 2 is 1.76 bits per heavy atom. The summed E-state index contributed by atoms with van der Waals surface area (Å²) in [6.07, 6.45) is 8.15. The van der Waals surface area contributed by atoms with Crippen LogP contribution in [-0.4, -0.2) is 24.1 Å². The van der Waals surface area contributed by atoms with Gasteiger partial charge < -0.3 is 13.9 Å². The standard InChI is InChI=1S/C28H42O4S/c1-20(19-27(2,3)4)28(5,6)31-16-10-9-15-30-25-18-26(29)32-24-14-13-22(17-23(24)25)33-21-11-7-8-12-21/h13-14,17-18,20-21H,7-12,15-16,19H2,1-6H3. The number of rotatable bonds is 11. The molecular weight excluding hydrogens is 432 g/mol. The minimum Gasteiger partial charge on any atom is -0.493 e. The van der Waals surface area contributed by atoms with Gasteiger partial charge in [-0.05, 0) is 75.5 Å². The van der Waals surface area contributed by atoms with Crippen molar-refractivity contribution in [2.24, 2.45) is 11.3 Å². The maximum absolute atomic E-state index is 12.0. The summed E-state index contributed by atoms with van der Waals surface area (Å²) in [7, 11) is 0. The first-order chi connectivity index (χ1) is 15.5. The van der Waals surface area contributed by atoms with E-state index < -0.39 is 0 Å². The van der Waals surface area contributed by atoms with E-state index in [4.69, 9.17) is 13.9 Å². The predicted octanol–water partition coefficient (Wildman–Crippen LogP) is 7.85. The van der Waals surface area contributed by atoms with Gasteiger partial charge in [-0.1, -0.05) is 40.5 Å². The second kappa shape index (κ2) is 11.3. The summed E-state index contributed by atoms with van der Waals surface area (Å²) in [5.74, 6) is 1.11. The lowest BCUT2D eigenvalue weighted by atomic mass is 9.78. The van der Waals surface area contributed by atoms with Gasteiger partial charge in [-0.15, -0.1) is 11.8 Å². The number of benzene rings is 1. The van der Waals surface area contributed by atoms with Crippen LogP contribution in [0.25, 0.3) is 11.0 Å². The smallest absolute Gasteiger partial charge is 0.339 e. The Morgan fingerprint density at radius 1 is 1.06 bits per heavy atom. The van der Waals surface area contributed by atoms with Gasteiger partial charge in [0.15, 0.2) is 0 Å². The first-order valence-corrected chi connectivity index (χ1v) is 13.4. The Hall–Kier alpha value is -1.46. The third-order valence-corrected chi connectivity index (χ3v) is 7.99. The summed E-state index contributed by atoms with van der Waals surface area (Å²) in [5, 5.41) is 1.57. The van der Waals surface area contributed by atoms with E-state index in [1.54, 1.807) is 0 Å². The van der Waals surface area contributed by atoms with Crippen LogP contribution in [0.4, 0.5) is 0 Å². The fraction of sp³-hybridized carbons (Fsp3) is 0.679. The van der Waals surface area contributed by atoms with Crippen LogP contribution in [0.2, 0.25) is 0 Å². The van der Waals surface area contributed by atoms with Gasteiger partial charge in [-0.25, -0.2) is 4.79 Å². The molecule has 0 N–H and O–H groups in total. The molecule has 1 aliphatic rings. The molecule has 1 fully saturated rings. The zero-order valence-electron chi connectivity index (χ0n) is 21.4. The first kappa shape index (κ1) is 26.2. The molecular formula is C28H42O4S. The highest BCUT2D eigenvalue weighted by molar-refractivity contribution is 8.00. The van der Waals surface area contributed by atoms with E-state index >= 15 is 0 Å². The van der Waals surface area contributed by atoms with Crippen molar-refractivity contribution < 1.29 is 13.9 Å². The highest BCUT2D eigenvalue weighted by Crippen LogP contribution is 2.37. The molecule has 1 unspecified atom stereocenters.